The summed E-state index contributed by atoms with van der Waals surface area (Å²) in [6.45, 7) is 0. The van der Waals surface area contributed by atoms with Gasteiger partial charge in [0, 0.05) is 6.20 Å². The quantitative estimate of drug-likeness (QED) is 0.882. The first-order valence-electron chi connectivity index (χ1n) is 5.64. The van der Waals surface area contributed by atoms with Crippen LogP contribution in [0.3, 0.4) is 0 Å². The second kappa shape index (κ2) is 5.60. The lowest BCUT2D eigenvalue weighted by molar-refractivity contribution is 0.0698. The lowest BCUT2D eigenvalue weighted by Gasteiger charge is -2.09. The maximum atomic E-state index is 12.2. The van der Waals surface area contributed by atoms with Gasteiger partial charge in [0.05, 0.1) is 34.0 Å². The zero-order chi connectivity index (χ0) is 15.5. The highest BCUT2D eigenvalue weighted by molar-refractivity contribution is 7.92. The number of aromatic carboxylic acids is 1. The average Bonchev–Trinajstić information content (AvgIpc) is 2.47. The molecule has 0 saturated heterocycles. The van der Waals surface area contributed by atoms with Gasteiger partial charge in [-0.3, -0.25) is 9.71 Å². The first kappa shape index (κ1) is 14.5. The third-order valence-electron chi connectivity index (χ3n) is 2.59. The van der Waals surface area contributed by atoms with Crippen LogP contribution >= 0.6 is 0 Å². The Labute approximate surface area is 120 Å². The van der Waals surface area contributed by atoms with Gasteiger partial charge in [-0.25, -0.2) is 13.2 Å². The van der Waals surface area contributed by atoms with Gasteiger partial charge in [0.1, 0.15) is 0 Å². The minimum Gasteiger partial charge on any atom is -0.478 e. The molecule has 0 amide bonds. The Morgan fingerprint density at radius 1 is 1.24 bits per heavy atom. The van der Waals surface area contributed by atoms with Crippen molar-refractivity contribution in [1.29, 1.82) is 5.26 Å². The van der Waals surface area contributed by atoms with Crippen LogP contribution in [0.25, 0.3) is 0 Å². The van der Waals surface area contributed by atoms with Crippen molar-refractivity contribution in [3.63, 3.8) is 0 Å². The SMILES string of the molecule is N#Cc1ccc(S(=O)(=O)Nc2cnccc2C(=O)O)cc1. The van der Waals surface area contributed by atoms with E-state index in [1.54, 1.807) is 0 Å². The zero-order valence-electron chi connectivity index (χ0n) is 10.5. The van der Waals surface area contributed by atoms with Gasteiger partial charge < -0.3 is 5.11 Å². The number of nitrogens with zero attached hydrogens (tertiary/aromatic N) is 2. The lowest BCUT2D eigenvalue weighted by Crippen LogP contribution is -2.15. The second-order valence-corrected chi connectivity index (χ2v) is 5.65. The second-order valence-electron chi connectivity index (χ2n) is 3.97. The van der Waals surface area contributed by atoms with Crippen LogP contribution in [0.4, 0.5) is 5.69 Å². The van der Waals surface area contributed by atoms with Crippen molar-refractivity contribution in [3.05, 3.63) is 53.9 Å². The number of nitrogens with one attached hydrogen (secondary N) is 1. The van der Waals surface area contributed by atoms with Crippen LogP contribution in [0.15, 0.2) is 47.6 Å². The predicted molar refractivity (Wildman–Crippen MR) is 73.2 cm³/mol. The molecule has 8 heteroatoms. The number of carboxylic acid groups (broad SMARTS) is 1. The van der Waals surface area contributed by atoms with E-state index in [-0.39, 0.29) is 16.1 Å². The third kappa shape index (κ3) is 3.16. The van der Waals surface area contributed by atoms with E-state index >= 15 is 0 Å². The molecular formula is C13H9N3O4S. The number of rotatable bonds is 4. The van der Waals surface area contributed by atoms with Gasteiger partial charge in [-0.2, -0.15) is 5.26 Å². The van der Waals surface area contributed by atoms with E-state index in [1.807, 2.05) is 6.07 Å². The molecule has 0 radical (unpaired) electrons. The topological polar surface area (TPSA) is 120 Å². The van der Waals surface area contributed by atoms with Gasteiger partial charge in [0.2, 0.25) is 0 Å². The Morgan fingerprint density at radius 2 is 1.90 bits per heavy atom. The fraction of sp³-hybridized carbons (Fsp3) is 0. The van der Waals surface area contributed by atoms with Crippen LogP contribution in [-0.4, -0.2) is 24.5 Å². The molecule has 0 spiro atoms. The highest BCUT2D eigenvalue weighted by Gasteiger charge is 2.18. The molecule has 0 aliphatic heterocycles. The monoisotopic (exact) mass is 303 g/mol. The summed E-state index contributed by atoms with van der Waals surface area (Å²) in [6, 6.07) is 8.31. The highest BCUT2D eigenvalue weighted by Crippen LogP contribution is 2.19. The molecule has 0 saturated carbocycles. The maximum Gasteiger partial charge on any atom is 0.337 e. The molecule has 0 aliphatic rings. The normalized spacial score (nSPS) is 10.6. The number of hydrogen-bond donors (Lipinski definition) is 2. The summed E-state index contributed by atoms with van der Waals surface area (Å²) in [6.07, 6.45) is 2.37. The molecular weight excluding hydrogens is 294 g/mol. The van der Waals surface area contributed by atoms with Crippen LogP contribution in [0.5, 0.6) is 0 Å². The molecule has 7 nitrogen and oxygen atoms in total. The van der Waals surface area contributed by atoms with Crippen LogP contribution in [0, 0.1) is 11.3 Å². The average molecular weight is 303 g/mol. The Balaban J connectivity index is 2.38. The van der Waals surface area contributed by atoms with E-state index in [0.717, 1.165) is 6.20 Å². The molecule has 0 aliphatic carbocycles. The smallest absolute Gasteiger partial charge is 0.337 e. The summed E-state index contributed by atoms with van der Waals surface area (Å²) in [5.41, 5.74) is -0.0156. The third-order valence-corrected chi connectivity index (χ3v) is 3.97. The maximum absolute atomic E-state index is 12.2. The minimum absolute atomic E-state index is 0.0818. The number of pyridine rings is 1. The number of carbonyl (C=O) groups is 1. The lowest BCUT2D eigenvalue weighted by atomic mass is 10.2. The summed E-state index contributed by atoms with van der Waals surface area (Å²) in [4.78, 5) is 14.6. The molecule has 1 heterocycles. The van der Waals surface area contributed by atoms with Gasteiger partial charge in [-0.05, 0) is 30.3 Å². The standard InChI is InChI=1S/C13H9N3O4S/c14-7-9-1-3-10(4-2-9)21(19,20)16-12-8-15-6-5-11(12)13(17)18/h1-6,8,16H,(H,17,18). The van der Waals surface area contributed by atoms with Crippen molar-refractivity contribution < 1.29 is 18.3 Å². The largest absolute Gasteiger partial charge is 0.478 e. The predicted octanol–water partition coefficient (Wildman–Crippen LogP) is 1.45. The van der Waals surface area contributed by atoms with Gasteiger partial charge in [-0.15, -0.1) is 0 Å². The van der Waals surface area contributed by atoms with Crippen molar-refractivity contribution >= 4 is 21.7 Å². The minimum atomic E-state index is -3.96. The molecule has 0 atom stereocenters. The van der Waals surface area contributed by atoms with Crippen molar-refractivity contribution in [3.8, 4) is 6.07 Å². The molecule has 2 rings (SSSR count). The molecule has 0 bridgehead atoms. The Hall–Kier alpha value is -2.92. The fourth-order valence-corrected chi connectivity index (χ4v) is 2.64. The van der Waals surface area contributed by atoms with Crippen LogP contribution in [0.2, 0.25) is 0 Å². The molecule has 21 heavy (non-hydrogen) atoms. The fourth-order valence-electron chi connectivity index (χ4n) is 1.57. The number of aromatic nitrogens is 1. The van der Waals surface area contributed by atoms with E-state index in [1.165, 1.54) is 36.5 Å². The van der Waals surface area contributed by atoms with E-state index in [4.69, 9.17) is 10.4 Å². The highest BCUT2D eigenvalue weighted by atomic mass is 32.2. The summed E-state index contributed by atoms with van der Waals surface area (Å²) in [5.74, 6) is -1.27. The van der Waals surface area contributed by atoms with Crippen molar-refractivity contribution in [2.45, 2.75) is 4.90 Å². The van der Waals surface area contributed by atoms with Crippen molar-refractivity contribution in [2.24, 2.45) is 0 Å². The Bertz CT molecular complexity index is 823. The van der Waals surface area contributed by atoms with Crippen LogP contribution in [0.1, 0.15) is 15.9 Å². The van der Waals surface area contributed by atoms with Crippen LogP contribution in [-0.2, 0) is 10.0 Å². The number of anilines is 1. The van der Waals surface area contributed by atoms with E-state index in [0.29, 0.717) is 5.56 Å². The molecule has 0 fully saturated rings. The molecule has 106 valence electrons. The first-order chi connectivity index (χ1) is 9.94. The molecule has 2 aromatic rings. The number of sulfonamides is 1. The summed E-state index contributed by atoms with van der Waals surface area (Å²) < 4.78 is 26.5. The first-order valence-corrected chi connectivity index (χ1v) is 7.12. The van der Waals surface area contributed by atoms with Crippen molar-refractivity contribution in [1.82, 2.24) is 4.98 Å². The summed E-state index contributed by atoms with van der Waals surface area (Å²) in [5, 5.41) is 17.7. The van der Waals surface area contributed by atoms with Gasteiger partial charge in [-0.1, -0.05) is 0 Å². The van der Waals surface area contributed by atoms with E-state index in [2.05, 4.69) is 9.71 Å². The van der Waals surface area contributed by atoms with Crippen molar-refractivity contribution in [2.75, 3.05) is 4.72 Å². The van der Waals surface area contributed by atoms with Gasteiger partial charge in [0.15, 0.2) is 0 Å². The summed E-state index contributed by atoms with van der Waals surface area (Å²) in [7, 11) is -3.96. The van der Waals surface area contributed by atoms with Gasteiger partial charge in [0.25, 0.3) is 10.0 Å². The Kier molecular flexibility index (Phi) is 3.86. The molecule has 0 unspecified atom stereocenters. The Morgan fingerprint density at radius 3 is 2.48 bits per heavy atom. The number of carboxylic acids is 1. The molecule has 1 aromatic heterocycles. The molecule has 1 aromatic carbocycles. The number of benzene rings is 1. The number of nitriles is 1. The number of hydrogen-bond acceptors (Lipinski definition) is 5. The van der Waals surface area contributed by atoms with Gasteiger partial charge >= 0.3 is 5.97 Å². The van der Waals surface area contributed by atoms with E-state index < -0.39 is 16.0 Å². The van der Waals surface area contributed by atoms with Crippen LogP contribution < -0.4 is 4.72 Å². The van der Waals surface area contributed by atoms with E-state index in [9.17, 15) is 13.2 Å². The zero-order valence-corrected chi connectivity index (χ0v) is 11.3. The summed E-state index contributed by atoms with van der Waals surface area (Å²) >= 11 is 0. The molecule has 2 N–H and O–H groups in total.